The van der Waals surface area contributed by atoms with Crippen molar-refractivity contribution in [2.24, 2.45) is 5.92 Å². The monoisotopic (exact) mass is 283 g/mol. The van der Waals surface area contributed by atoms with Crippen molar-refractivity contribution in [1.82, 2.24) is 5.32 Å². The van der Waals surface area contributed by atoms with Gasteiger partial charge in [-0.15, -0.1) is 0 Å². The van der Waals surface area contributed by atoms with Crippen LogP contribution in [0.25, 0.3) is 0 Å². The number of carboxylic acid groups (broad SMARTS) is 1. The zero-order valence-corrected chi connectivity index (χ0v) is 10.7. The van der Waals surface area contributed by atoms with Crippen molar-refractivity contribution < 1.29 is 23.5 Å². The van der Waals surface area contributed by atoms with E-state index in [1.807, 2.05) is 0 Å². The summed E-state index contributed by atoms with van der Waals surface area (Å²) in [5.74, 6) is -2.95. The van der Waals surface area contributed by atoms with Crippen LogP contribution in [0.3, 0.4) is 0 Å². The number of carboxylic acids is 1. The van der Waals surface area contributed by atoms with Crippen molar-refractivity contribution in [1.29, 1.82) is 0 Å². The molecule has 0 unspecified atom stereocenters. The Hall–Kier alpha value is -1.98. The Morgan fingerprint density at radius 1 is 1.30 bits per heavy atom. The quantitative estimate of drug-likeness (QED) is 0.886. The molecule has 0 aromatic heterocycles. The largest absolute Gasteiger partial charge is 0.481 e. The van der Waals surface area contributed by atoms with Gasteiger partial charge in [0.15, 0.2) is 0 Å². The van der Waals surface area contributed by atoms with Crippen LogP contribution in [0.1, 0.15) is 24.8 Å². The minimum atomic E-state index is -0.863. The highest BCUT2D eigenvalue weighted by molar-refractivity contribution is 5.79. The van der Waals surface area contributed by atoms with Gasteiger partial charge < -0.3 is 10.4 Å². The van der Waals surface area contributed by atoms with Gasteiger partial charge in [-0.2, -0.15) is 0 Å². The van der Waals surface area contributed by atoms with E-state index in [4.69, 9.17) is 5.11 Å². The lowest BCUT2D eigenvalue weighted by atomic mass is 10.1. The first kappa shape index (κ1) is 14.4. The molecule has 1 fully saturated rings. The molecule has 1 amide bonds. The molecule has 1 saturated carbocycles. The second-order valence-electron chi connectivity index (χ2n) is 5.03. The summed E-state index contributed by atoms with van der Waals surface area (Å²) in [6, 6.07) is 2.75. The summed E-state index contributed by atoms with van der Waals surface area (Å²) < 4.78 is 26.4. The van der Waals surface area contributed by atoms with Gasteiger partial charge in [0.2, 0.25) is 5.91 Å². The maximum atomic E-state index is 13.4. The molecule has 108 valence electrons. The molecule has 4 nitrogen and oxygen atoms in total. The van der Waals surface area contributed by atoms with Crippen LogP contribution < -0.4 is 5.32 Å². The summed E-state index contributed by atoms with van der Waals surface area (Å²) in [6.45, 7) is 0. The van der Waals surface area contributed by atoms with Gasteiger partial charge in [-0.1, -0.05) is 0 Å². The molecule has 20 heavy (non-hydrogen) atoms. The molecular formula is C14H15F2NO3. The molecule has 1 aromatic carbocycles. The number of benzene rings is 1. The third kappa shape index (κ3) is 3.53. The van der Waals surface area contributed by atoms with E-state index >= 15 is 0 Å². The molecule has 0 radical (unpaired) electrons. The molecule has 1 aliphatic carbocycles. The number of nitrogens with one attached hydrogen (secondary N) is 1. The van der Waals surface area contributed by atoms with Gasteiger partial charge in [0.25, 0.3) is 0 Å². The van der Waals surface area contributed by atoms with Crippen LogP contribution in [-0.4, -0.2) is 23.0 Å². The number of halogens is 2. The molecule has 2 N–H and O–H groups in total. The fourth-order valence-corrected chi connectivity index (χ4v) is 2.47. The van der Waals surface area contributed by atoms with Crippen LogP contribution in [0, 0.1) is 17.6 Å². The zero-order valence-electron chi connectivity index (χ0n) is 10.7. The fraction of sp³-hybridized carbons (Fsp3) is 0.429. The van der Waals surface area contributed by atoms with Crippen LogP contribution in [-0.2, 0) is 16.0 Å². The molecule has 0 saturated heterocycles. The minimum absolute atomic E-state index is 0.00437. The molecule has 0 bridgehead atoms. The Morgan fingerprint density at radius 2 is 2.05 bits per heavy atom. The molecule has 6 heteroatoms. The first-order valence-corrected chi connectivity index (χ1v) is 6.42. The third-order valence-electron chi connectivity index (χ3n) is 3.51. The Kier molecular flexibility index (Phi) is 4.32. The average molecular weight is 283 g/mol. The van der Waals surface area contributed by atoms with E-state index in [1.54, 1.807) is 0 Å². The maximum absolute atomic E-state index is 13.4. The summed E-state index contributed by atoms with van der Waals surface area (Å²) in [6.07, 6.45) is 1.24. The molecule has 2 rings (SSSR count). The number of rotatable bonds is 4. The molecule has 0 aliphatic heterocycles. The molecular weight excluding hydrogens is 268 g/mol. The number of hydrogen-bond donors (Lipinski definition) is 2. The smallest absolute Gasteiger partial charge is 0.306 e. The van der Waals surface area contributed by atoms with Gasteiger partial charge in [-0.25, -0.2) is 8.78 Å². The van der Waals surface area contributed by atoms with Gasteiger partial charge in [-0.05, 0) is 37.5 Å². The van der Waals surface area contributed by atoms with Crippen molar-refractivity contribution in [2.45, 2.75) is 31.7 Å². The van der Waals surface area contributed by atoms with Crippen LogP contribution in [0.15, 0.2) is 18.2 Å². The topological polar surface area (TPSA) is 66.4 Å². The number of amides is 1. The standard InChI is InChI=1S/C14H15F2NO3/c15-10-2-4-12(16)9(5-10)7-13(18)17-11-3-1-8(6-11)14(19)20/h2,4-5,8,11H,1,3,6-7H2,(H,17,18)(H,19,20)/t8-,11-/m0/s1. The highest BCUT2D eigenvalue weighted by atomic mass is 19.1. The lowest BCUT2D eigenvalue weighted by Gasteiger charge is -2.12. The van der Waals surface area contributed by atoms with Crippen LogP contribution >= 0.6 is 0 Å². The highest BCUT2D eigenvalue weighted by Crippen LogP contribution is 2.25. The summed E-state index contributed by atoms with van der Waals surface area (Å²) in [5, 5.41) is 11.5. The van der Waals surface area contributed by atoms with Crippen molar-refractivity contribution >= 4 is 11.9 Å². The van der Waals surface area contributed by atoms with Crippen molar-refractivity contribution in [3.63, 3.8) is 0 Å². The van der Waals surface area contributed by atoms with E-state index in [2.05, 4.69) is 5.32 Å². The van der Waals surface area contributed by atoms with Gasteiger partial charge in [0.1, 0.15) is 11.6 Å². The summed E-state index contributed by atoms with van der Waals surface area (Å²) in [7, 11) is 0. The molecule has 1 aromatic rings. The number of carbonyl (C=O) groups excluding carboxylic acids is 1. The van der Waals surface area contributed by atoms with E-state index in [-0.39, 0.29) is 18.0 Å². The van der Waals surface area contributed by atoms with Crippen molar-refractivity contribution in [2.75, 3.05) is 0 Å². The van der Waals surface area contributed by atoms with Gasteiger partial charge in [-0.3, -0.25) is 9.59 Å². The predicted molar refractivity (Wildman–Crippen MR) is 67.0 cm³/mol. The van der Waals surface area contributed by atoms with Gasteiger partial charge in [0, 0.05) is 11.6 Å². The van der Waals surface area contributed by atoms with Crippen molar-refractivity contribution in [3.8, 4) is 0 Å². The average Bonchev–Trinajstić information content (AvgIpc) is 2.82. The van der Waals surface area contributed by atoms with E-state index < -0.39 is 29.4 Å². The van der Waals surface area contributed by atoms with Gasteiger partial charge >= 0.3 is 5.97 Å². The van der Waals surface area contributed by atoms with Gasteiger partial charge in [0.05, 0.1) is 12.3 Å². The second-order valence-corrected chi connectivity index (χ2v) is 5.03. The first-order valence-electron chi connectivity index (χ1n) is 6.42. The molecule has 0 heterocycles. The summed E-state index contributed by atoms with van der Waals surface area (Å²) in [5.41, 5.74) is -0.00437. The second kappa shape index (κ2) is 5.98. The Balaban J connectivity index is 1.90. The van der Waals surface area contributed by atoms with E-state index in [0.29, 0.717) is 19.3 Å². The Morgan fingerprint density at radius 3 is 2.70 bits per heavy atom. The lowest BCUT2D eigenvalue weighted by molar-refractivity contribution is -0.141. The van der Waals surface area contributed by atoms with Crippen LogP contribution in [0.5, 0.6) is 0 Å². The summed E-state index contributed by atoms with van der Waals surface area (Å²) in [4.78, 5) is 22.6. The normalized spacial score (nSPS) is 21.7. The Bertz CT molecular complexity index is 533. The highest BCUT2D eigenvalue weighted by Gasteiger charge is 2.30. The molecule has 2 atom stereocenters. The number of carbonyl (C=O) groups is 2. The number of hydrogen-bond acceptors (Lipinski definition) is 2. The predicted octanol–water partition coefficient (Wildman–Crippen LogP) is 1.88. The summed E-state index contributed by atoms with van der Waals surface area (Å²) >= 11 is 0. The van der Waals surface area contributed by atoms with E-state index in [0.717, 1.165) is 18.2 Å². The van der Waals surface area contributed by atoms with Crippen LogP contribution in [0.2, 0.25) is 0 Å². The molecule has 1 aliphatic rings. The van der Waals surface area contributed by atoms with E-state index in [9.17, 15) is 18.4 Å². The fourth-order valence-electron chi connectivity index (χ4n) is 2.47. The zero-order chi connectivity index (χ0) is 14.7. The Labute approximate surface area is 114 Å². The van der Waals surface area contributed by atoms with Crippen molar-refractivity contribution in [3.05, 3.63) is 35.4 Å². The van der Waals surface area contributed by atoms with E-state index in [1.165, 1.54) is 0 Å². The first-order chi connectivity index (χ1) is 9.45. The maximum Gasteiger partial charge on any atom is 0.306 e. The molecule has 0 spiro atoms. The number of aliphatic carboxylic acids is 1. The minimum Gasteiger partial charge on any atom is -0.481 e. The van der Waals surface area contributed by atoms with Crippen LogP contribution in [0.4, 0.5) is 8.78 Å². The SMILES string of the molecule is O=C(Cc1cc(F)ccc1F)N[C@H]1CC[C@H](C(=O)O)C1. The lowest BCUT2D eigenvalue weighted by Crippen LogP contribution is -2.34. The third-order valence-corrected chi connectivity index (χ3v) is 3.51.